The fourth-order valence-electron chi connectivity index (χ4n) is 2.51. The first-order valence-electron chi connectivity index (χ1n) is 6.55. The molecule has 0 aromatic heterocycles. The van der Waals surface area contributed by atoms with E-state index in [-0.39, 0.29) is 0 Å². The Hall–Kier alpha value is -1.67. The van der Waals surface area contributed by atoms with E-state index < -0.39 is 0 Å². The molecule has 1 heterocycles. The van der Waals surface area contributed by atoms with Crippen molar-refractivity contribution in [2.75, 3.05) is 5.43 Å². The average molecular weight is 273 g/mol. The number of hydrazine groups is 1. The summed E-state index contributed by atoms with van der Waals surface area (Å²) in [5.41, 5.74) is 14.0. The number of fused-ring (bicyclic) bond motifs is 2. The molecule has 1 aromatic carbocycles. The summed E-state index contributed by atoms with van der Waals surface area (Å²) in [7, 11) is 0. The number of rotatable bonds is 0. The summed E-state index contributed by atoms with van der Waals surface area (Å²) < 4.78 is 0. The Morgan fingerprint density at radius 3 is 2.79 bits per heavy atom. The first-order valence-corrected chi connectivity index (χ1v) is 6.93. The molecule has 0 atom stereocenters. The maximum absolute atomic E-state index is 6.05. The quantitative estimate of drug-likeness (QED) is 0.717. The molecule has 0 unspecified atom stereocenters. The maximum atomic E-state index is 6.05. The predicted octanol–water partition coefficient (Wildman–Crippen LogP) is 4.67. The molecule has 0 amide bonds. The van der Waals surface area contributed by atoms with Crippen molar-refractivity contribution in [1.29, 1.82) is 0 Å². The highest BCUT2D eigenvalue weighted by atomic mass is 35.5. The highest BCUT2D eigenvalue weighted by Gasteiger charge is 2.18. The Balaban J connectivity index is 2.15. The second kappa shape index (κ2) is 4.78. The Kier molecular flexibility index (Phi) is 3.11. The van der Waals surface area contributed by atoms with Gasteiger partial charge < -0.3 is 10.9 Å². The van der Waals surface area contributed by atoms with Gasteiger partial charge in [-0.05, 0) is 50.5 Å². The topological polar surface area (TPSA) is 24.1 Å². The van der Waals surface area contributed by atoms with Crippen LogP contribution in [0.25, 0.3) is 5.57 Å². The zero-order valence-electron chi connectivity index (χ0n) is 11.2. The van der Waals surface area contributed by atoms with Crippen molar-refractivity contribution in [2.45, 2.75) is 26.7 Å². The second-order valence-corrected chi connectivity index (χ2v) is 5.52. The maximum Gasteiger partial charge on any atom is 0.0633 e. The number of benzene rings is 1. The van der Waals surface area contributed by atoms with E-state index in [1.165, 1.54) is 28.0 Å². The molecule has 3 heteroatoms. The van der Waals surface area contributed by atoms with Crippen molar-refractivity contribution in [1.82, 2.24) is 5.43 Å². The number of nitrogens with one attached hydrogen (secondary N) is 2. The van der Waals surface area contributed by atoms with Crippen molar-refractivity contribution in [3.05, 3.63) is 57.8 Å². The van der Waals surface area contributed by atoms with E-state index in [2.05, 4.69) is 42.9 Å². The zero-order valence-corrected chi connectivity index (χ0v) is 11.9. The van der Waals surface area contributed by atoms with E-state index in [1.807, 2.05) is 12.1 Å². The lowest BCUT2D eigenvalue weighted by Crippen LogP contribution is -2.27. The van der Waals surface area contributed by atoms with Gasteiger partial charge in [-0.1, -0.05) is 29.3 Å². The lowest BCUT2D eigenvalue weighted by atomic mass is 9.92. The van der Waals surface area contributed by atoms with Gasteiger partial charge in [0.25, 0.3) is 0 Å². The zero-order chi connectivity index (χ0) is 13.4. The van der Waals surface area contributed by atoms with Crippen LogP contribution in [0.3, 0.4) is 0 Å². The van der Waals surface area contributed by atoms with E-state index in [0.717, 1.165) is 23.6 Å². The Labute approximate surface area is 118 Å². The minimum absolute atomic E-state index is 0.750. The van der Waals surface area contributed by atoms with Gasteiger partial charge in [-0.15, -0.1) is 0 Å². The van der Waals surface area contributed by atoms with E-state index >= 15 is 0 Å². The molecule has 1 aliphatic heterocycles. The molecule has 2 nitrogen and oxygen atoms in total. The van der Waals surface area contributed by atoms with Crippen LogP contribution in [0.5, 0.6) is 0 Å². The molecule has 0 saturated carbocycles. The van der Waals surface area contributed by atoms with Gasteiger partial charge >= 0.3 is 0 Å². The van der Waals surface area contributed by atoms with Gasteiger partial charge in [-0.25, -0.2) is 0 Å². The Morgan fingerprint density at radius 1 is 1.11 bits per heavy atom. The molecule has 2 aliphatic rings. The number of halogens is 1. The minimum Gasteiger partial charge on any atom is -0.304 e. The number of allylic oxidation sites excluding steroid dienone is 6. The highest BCUT2D eigenvalue weighted by Crippen LogP contribution is 2.35. The van der Waals surface area contributed by atoms with E-state index in [1.54, 1.807) is 0 Å². The molecule has 19 heavy (non-hydrogen) atoms. The van der Waals surface area contributed by atoms with Gasteiger partial charge in [0.2, 0.25) is 0 Å². The fourth-order valence-corrected chi connectivity index (χ4v) is 2.69. The summed E-state index contributed by atoms with van der Waals surface area (Å²) in [5, 5.41) is 0.750. The van der Waals surface area contributed by atoms with E-state index in [9.17, 15) is 0 Å². The smallest absolute Gasteiger partial charge is 0.0633 e. The highest BCUT2D eigenvalue weighted by molar-refractivity contribution is 6.31. The molecule has 0 radical (unpaired) electrons. The van der Waals surface area contributed by atoms with Crippen LogP contribution < -0.4 is 10.9 Å². The summed E-state index contributed by atoms with van der Waals surface area (Å²) >= 11 is 6.05. The lowest BCUT2D eigenvalue weighted by molar-refractivity contribution is 0.831. The summed E-state index contributed by atoms with van der Waals surface area (Å²) in [6, 6.07) is 5.99. The fraction of sp³-hybridized carbons (Fsp3) is 0.250. The summed E-state index contributed by atoms with van der Waals surface area (Å²) in [4.78, 5) is 0. The van der Waals surface area contributed by atoms with Crippen LogP contribution in [0.1, 0.15) is 32.3 Å². The summed E-state index contributed by atoms with van der Waals surface area (Å²) in [5.74, 6) is 0. The van der Waals surface area contributed by atoms with Crippen LogP contribution in [0, 0.1) is 0 Å². The third kappa shape index (κ3) is 2.28. The first kappa shape index (κ1) is 12.4. The number of hydrogen-bond acceptors (Lipinski definition) is 2. The van der Waals surface area contributed by atoms with E-state index in [4.69, 9.17) is 11.6 Å². The normalized spacial score (nSPS) is 23.5. The van der Waals surface area contributed by atoms with Crippen molar-refractivity contribution in [2.24, 2.45) is 0 Å². The standard InChI is InChI=1S/C16H17ClN2/c1-10-4-3-5-15-14(8-11(10)2)13-7-6-12(17)9-16(13)19-18-15/h4,6-9,18-19H,3,5H2,1-2H3/b10-4+,11-8-. The molecule has 1 aliphatic carbocycles. The van der Waals surface area contributed by atoms with Gasteiger partial charge in [-0.2, -0.15) is 0 Å². The van der Waals surface area contributed by atoms with Crippen LogP contribution in [0.4, 0.5) is 5.69 Å². The SMILES string of the molecule is CC1=C/C2=C(CC\C=C\1C)NNc1cc(Cl)ccc12. The molecular formula is C16H17ClN2. The minimum atomic E-state index is 0.750. The van der Waals surface area contributed by atoms with Gasteiger partial charge in [0.1, 0.15) is 0 Å². The molecule has 3 rings (SSSR count). The van der Waals surface area contributed by atoms with Gasteiger partial charge in [-0.3, -0.25) is 0 Å². The summed E-state index contributed by atoms with van der Waals surface area (Å²) in [6.07, 6.45) is 6.65. The third-order valence-electron chi connectivity index (χ3n) is 3.77. The molecule has 0 bridgehead atoms. The van der Waals surface area contributed by atoms with E-state index in [0.29, 0.717) is 0 Å². The second-order valence-electron chi connectivity index (χ2n) is 5.09. The first-order chi connectivity index (χ1) is 9.15. The van der Waals surface area contributed by atoms with Crippen molar-refractivity contribution in [3.63, 3.8) is 0 Å². The van der Waals surface area contributed by atoms with Gasteiger partial charge in [0.15, 0.2) is 0 Å². The van der Waals surface area contributed by atoms with Crippen molar-refractivity contribution >= 4 is 22.9 Å². The van der Waals surface area contributed by atoms with Gasteiger partial charge in [0, 0.05) is 21.9 Å². The van der Waals surface area contributed by atoms with Crippen molar-refractivity contribution < 1.29 is 0 Å². The van der Waals surface area contributed by atoms with Crippen LogP contribution in [-0.4, -0.2) is 0 Å². The van der Waals surface area contributed by atoms with Crippen molar-refractivity contribution in [3.8, 4) is 0 Å². The lowest BCUT2D eigenvalue weighted by Gasteiger charge is -2.26. The molecule has 0 fully saturated rings. The molecule has 0 spiro atoms. The summed E-state index contributed by atoms with van der Waals surface area (Å²) in [6.45, 7) is 4.34. The molecule has 0 saturated heterocycles. The molecule has 1 aromatic rings. The molecule has 98 valence electrons. The Morgan fingerprint density at radius 2 is 1.95 bits per heavy atom. The van der Waals surface area contributed by atoms with Crippen LogP contribution in [-0.2, 0) is 0 Å². The largest absolute Gasteiger partial charge is 0.304 e. The van der Waals surface area contributed by atoms with Crippen LogP contribution in [0.2, 0.25) is 5.02 Å². The monoisotopic (exact) mass is 272 g/mol. The van der Waals surface area contributed by atoms with Crippen LogP contribution >= 0.6 is 11.6 Å². The Bertz CT molecular complexity index is 624. The molecular weight excluding hydrogens is 256 g/mol. The number of anilines is 1. The van der Waals surface area contributed by atoms with Gasteiger partial charge in [0.05, 0.1) is 5.69 Å². The average Bonchev–Trinajstić information content (AvgIpc) is 2.38. The van der Waals surface area contributed by atoms with Crippen LogP contribution in [0.15, 0.2) is 47.2 Å². The number of hydrogen-bond donors (Lipinski definition) is 2. The predicted molar refractivity (Wildman–Crippen MR) is 81.9 cm³/mol. The molecule has 2 N–H and O–H groups in total. The third-order valence-corrected chi connectivity index (χ3v) is 4.01.